The first-order valence-electron chi connectivity index (χ1n) is 17.8. The number of nitrogens with zero attached hydrogens (tertiary/aromatic N) is 3. The van der Waals surface area contributed by atoms with Gasteiger partial charge in [-0.1, -0.05) is 115 Å². The molecule has 12 aromatic rings. The van der Waals surface area contributed by atoms with Crippen LogP contribution in [0.15, 0.2) is 180 Å². The van der Waals surface area contributed by atoms with Crippen LogP contribution in [-0.2, 0) is 0 Å². The number of para-hydroxylation sites is 7. The van der Waals surface area contributed by atoms with Crippen LogP contribution < -0.4 is 0 Å². The Bertz CT molecular complexity index is 3370. The van der Waals surface area contributed by atoms with Gasteiger partial charge >= 0.3 is 0 Å². The molecule has 0 radical (unpaired) electrons. The summed E-state index contributed by atoms with van der Waals surface area (Å²) in [4.78, 5) is 0. The van der Waals surface area contributed by atoms with Crippen LogP contribution in [0.1, 0.15) is 0 Å². The van der Waals surface area contributed by atoms with Gasteiger partial charge in [-0.2, -0.15) is 0 Å². The Morgan fingerprint density at radius 3 is 1.33 bits per heavy atom. The van der Waals surface area contributed by atoms with Gasteiger partial charge in [0.2, 0.25) is 0 Å². The summed E-state index contributed by atoms with van der Waals surface area (Å²) in [5, 5.41) is 9.63. The smallest absolute Gasteiger partial charge is 0.135 e. The minimum atomic E-state index is 0.893. The van der Waals surface area contributed by atoms with E-state index in [1.54, 1.807) is 0 Å². The van der Waals surface area contributed by atoms with Crippen LogP contribution in [-0.4, -0.2) is 13.7 Å². The molecule has 4 aromatic heterocycles. The molecule has 0 atom stereocenters. The molecule has 0 saturated carbocycles. The van der Waals surface area contributed by atoms with Crippen LogP contribution >= 0.6 is 0 Å². The molecule has 4 nitrogen and oxygen atoms in total. The van der Waals surface area contributed by atoms with Crippen molar-refractivity contribution in [3.05, 3.63) is 176 Å². The van der Waals surface area contributed by atoms with E-state index in [2.05, 4.69) is 177 Å². The van der Waals surface area contributed by atoms with Crippen molar-refractivity contribution in [3.63, 3.8) is 0 Å². The fraction of sp³-hybridized carbons (Fsp3) is 0. The van der Waals surface area contributed by atoms with Crippen molar-refractivity contribution in [1.82, 2.24) is 13.7 Å². The first-order valence-corrected chi connectivity index (χ1v) is 17.8. The summed E-state index contributed by atoms with van der Waals surface area (Å²) in [7, 11) is 0. The summed E-state index contributed by atoms with van der Waals surface area (Å²) < 4.78 is 13.7. The standard InChI is InChI=1S/C48H29N3O/c1-7-21-40-31(13-1)32-14-2-8-22-41(32)50(40)43-24-11-19-37-34-16-4-9-23-42(34)51(48(37)43)44-25-12-18-36-33-15-3-6-20-39(33)49(47(36)44)30-27-28-46-38(29-30)35-17-5-10-26-45(35)52-46/h1-29H. The predicted octanol–water partition coefficient (Wildman–Crippen LogP) is 12.9. The molecule has 4 heteroatoms. The second-order valence-corrected chi connectivity index (χ2v) is 13.7. The largest absolute Gasteiger partial charge is 0.456 e. The summed E-state index contributed by atoms with van der Waals surface area (Å²) in [6.07, 6.45) is 0. The Morgan fingerprint density at radius 1 is 0.288 bits per heavy atom. The Balaban J connectivity index is 1.25. The van der Waals surface area contributed by atoms with Gasteiger partial charge in [0.25, 0.3) is 0 Å². The lowest BCUT2D eigenvalue weighted by Crippen LogP contribution is -2.03. The average Bonchev–Trinajstić information content (AvgIpc) is 3.94. The van der Waals surface area contributed by atoms with E-state index in [4.69, 9.17) is 4.42 Å². The van der Waals surface area contributed by atoms with Crippen molar-refractivity contribution in [1.29, 1.82) is 0 Å². The van der Waals surface area contributed by atoms with Gasteiger partial charge in [-0.05, 0) is 60.7 Å². The Morgan fingerprint density at radius 2 is 0.712 bits per heavy atom. The average molecular weight is 664 g/mol. The van der Waals surface area contributed by atoms with Crippen molar-refractivity contribution in [2.24, 2.45) is 0 Å². The second kappa shape index (κ2) is 10.3. The highest BCUT2D eigenvalue weighted by Crippen LogP contribution is 2.43. The van der Waals surface area contributed by atoms with Gasteiger partial charge in [-0.3, -0.25) is 0 Å². The molecule has 0 aliphatic rings. The van der Waals surface area contributed by atoms with Gasteiger partial charge in [0.05, 0.1) is 44.5 Å². The van der Waals surface area contributed by atoms with E-state index in [-0.39, 0.29) is 0 Å². The van der Waals surface area contributed by atoms with E-state index >= 15 is 0 Å². The molecule has 0 fully saturated rings. The zero-order chi connectivity index (χ0) is 33.9. The van der Waals surface area contributed by atoms with E-state index in [0.29, 0.717) is 0 Å². The van der Waals surface area contributed by atoms with Gasteiger partial charge in [0.15, 0.2) is 0 Å². The molecule has 0 N–H and O–H groups in total. The number of benzene rings is 8. The molecule has 52 heavy (non-hydrogen) atoms. The molecular weight excluding hydrogens is 635 g/mol. The first kappa shape index (κ1) is 27.7. The quantitative estimate of drug-likeness (QED) is 0.185. The number of fused-ring (bicyclic) bond motifs is 12. The summed E-state index contributed by atoms with van der Waals surface area (Å²) in [5.41, 5.74) is 12.2. The minimum Gasteiger partial charge on any atom is -0.456 e. The van der Waals surface area contributed by atoms with E-state index in [1.165, 1.54) is 59.9 Å². The van der Waals surface area contributed by atoms with Gasteiger partial charge < -0.3 is 18.1 Å². The van der Waals surface area contributed by atoms with Crippen LogP contribution in [0.25, 0.3) is 104 Å². The Kier molecular flexibility index (Phi) is 5.47. The van der Waals surface area contributed by atoms with Crippen LogP contribution in [0.5, 0.6) is 0 Å². The Hall–Kier alpha value is -7.04. The highest BCUT2D eigenvalue weighted by Gasteiger charge is 2.23. The molecule has 12 rings (SSSR count). The molecule has 242 valence electrons. The maximum atomic E-state index is 6.27. The number of hydrogen-bond acceptors (Lipinski definition) is 1. The molecule has 0 amide bonds. The molecule has 0 saturated heterocycles. The molecule has 0 aliphatic carbocycles. The normalized spacial score (nSPS) is 12.2. The summed E-state index contributed by atoms with van der Waals surface area (Å²) in [6, 6.07) is 63.6. The van der Waals surface area contributed by atoms with Crippen molar-refractivity contribution in [2.75, 3.05) is 0 Å². The van der Waals surface area contributed by atoms with E-state index in [9.17, 15) is 0 Å². The Labute approximate surface area is 297 Å². The van der Waals surface area contributed by atoms with Crippen molar-refractivity contribution in [2.45, 2.75) is 0 Å². The second-order valence-electron chi connectivity index (χ2n) is 13.7. The molecule has 0 aliphatic heterocycles. The fourth-order valence-electron chi connectivity index (χ4n) is 8.92. The third kappa shape index (κ3) is 3.60. The van der Waals surface area contributed by atoms with Gasteiger partial charge in [-0.25, -0.2) is 0 Å². The van der Waals surface area contributed by atoms with Crippen LogP contribution in [0.3, 0.4) is 0 Å². The molecule has 0 spiro atoms. The highest BCUT2D eigenvalue weighted by atomic mass is 16.3. The lowest BCUT2D eigenvalue weighted by Gasteiger charge is -2.17. The van der Waals surface area contributed by atoms with Crippen molar-refractivity contribution >= 4 is 87.4 Å². The predicted molar refractivity (Wildman–Crippen MR) is 217 cm³/mol. The molecular formula is C48H29N3O. The summed E-state index contributed by atoms with van der Waals surface area (Å²) in [6.45, 7) is 0. The van der Waals surface area contributed by atoms with E-state index in [1.807, 2.05) is 12.1 Å². The SMILES string of the molecule is c1ccc2c(c1)oc1ccc(-n3c4ccccc4c4cccc(-n5c6ccccc6c6cccc(-n7c8ccccc8c8ccccc87)c65)c43)cc12. The monoisotopic (exact) mass is 663 g/mol. The van der Waals surface area contributed by atoms with Gasteiger partial charge in [0.1, 0.15) is 11.2 Å². The molecule has 0 unspecified atom stereocenters. The van der Waals surface area contributed by atoms with Crippen LogP contribution in [0.4, 0.5) is 0 Å². The van der Waals surface area contributed by atoms with E-state index in [0.717, 1.165) is 44.5 Å². The highest BCUT2D eigenvalue weighted by molar-refractivity contribution is 6.18. The maximum Gasteiger partial charge on any atom is 0.135 e. The summed E-state index contributed by atoms with van der Waals surface area (Å²) >= 11 is 0. The zero-order valence-electron chi connectivity index (χ0n) is 28.0. The molecule has 8 aromatic carbocycles. The molecule has 4 heterocycles. The first-order chi connectivity index (χ1) is 25.8. The third-order valence-corrected chi connectivity index (χ3v) is 11.0. The van der Waals surface area contributed by atoms with Crippen LogP contribution in [0, 0.1) is 0 Å². The van der Waals surface area contributed by atoms with Crippen LogP contribution in [0.2, 0.25) is 0 Å². The summed E-state index contributed by atoms with van der Waals surface area (Å²) in [5.74, 6) is 0. The fourth-order valence-corrected chi connectivity index (χ4v) is 8.92. The minimum absolute atomic E-state index is 0.893. The molecule has 0 bridgehead atoms. The zero-order valence-corrected chi connectivity index (χ0v) is 28.0. The van der Waals surface area contributed by atoms with Crippen molar-refractivity contribution < 1.29 is 4.42 Å². The number of furan rings is 1. The lowest BCUT2D eigenvalue weighted by atomic mass is 10.1. The number of hydrogen-bond donors (Lipinski definition) is 0. The number of rotatable bonds is 3. The van der Waals surface area contributed by atoms with Gasteiger partial charge in [-0.15, -0.1) is 0 Å². The maximum absolute atomic E-state index is 6.27. The number of aromatic nitrogens is 3. The third-order valence-electron chi connectivity index (χ3n) is 11.0. The lowest BCUT2D eigenvalue weighted by molar-refractivity contribution is 0.669. The van der Waals surface area contributed by atoms with Crippen molar-refractivity contribution in [3.8, 4) is 17.1 Å². The van der Waals surface area contributed by atoms with Gasteiger partial charge in [0, 0.05) is 48.8 Å². The van der Waals surface area contributed by atoms with E-state index < -0.39 is 0 Å². The topological polar surface area (TPSA) is 27.9 Å².